The van der Waals surface area contributed by atoms with Crippen molar-refractivity contribution in [2.45, 2.75) is 38.2 Å². The Kier molecular flexibility index (Phi) is 2.61. The number of nitrogens with one attached hydrogen (secondary N) is 1. The van der Waals surface area contributed by atoms with Gasteiger partial charge in [0.05, 0.1) is 5.60 Å². The van der Waals surface area contributed by atoms with Gasteiger partial charge >= 0.3 is 0 Å². The second-order valence-corrected chi connectivity index (χ2v) is 4.57. The van der Waals surface area contributed by atoms with Crippen LogP contribution in [0.2, 0.25) is 0 Å². The van der Waals surface area contributed by atoms with Crippen molar-refractivity contribution in [2.24, 2.45) is 0 Å². The molecule has 0 radical (unpaired) electrons. The van der Waals surface area contributed by atoms with Gasteiger partial charge in [0.25, 0.3) is 0 Å². The molecule has 0 aromatic carbocycles. The number of aromatic nitrogens is 2. The normalized spacial score (nSPS) is 17.9. The minimum atomic E-state index is -0.500. The summed E-state index contributed by atoms with van der Waals surface area (Å²) >= 11 is 0. The Labute approximate surface area is 89.8 Å². The number of hydrogen-bond donors (Lipinski definition) is 2. The van der Waals surface area contributed by atoms with Gasteiger partial charge in [-0.3, -0.25) is 0 Å². The van der Waals surface area contributed by atoms with Crippen molar-refractivity contribution in [1.29, 1.82) is 0 Å². The minimum Gasteiger partial charge on any atom is -0.388 e. The Morgan fingerprint density at radius 3 is 2.47 bits per heavy atom. The molecule has 1 aliphatic carbocycles. The number of hydrogen-bond acceptors (Lipinski definition) is 4. The molecule has 0 bridgehead atoms. The molecule has 1 fully saturated rings. The summed E-state index contributed by atoms with van der Waals surface area (Å²) in [6.45, 7) is 4.77. The van der Waals surface area contributed by atoms with Gasteiger partial charge < -0.3 is 10.4 Å². The molecule has 0 saturated heterocycles. The molecule has 2 N–H and O–H groups in total. The molecule has 0 amide bonds. The van der Waals surface area contributed by atoms with Crippen molar-refractivity contribution < 1.29 is 5.11 Å². The number of anilines is 1. The summed E-state index contributed by atoms with van der Waals surface area (Å²) in [6, 6.07) is 0. The van der Waals surface area contributed by atoms with E-state index in [-0.39, 0.29) is 0 Å². The molecule has 15 heavy (non-hydrogen) atoms. The molecule has 1 heterocycles. The zero-order valence-corrected chi connectivity index (χ0v) is 9.20. The number of aliphatic hydroxyl groups is 1. The highest BCUT2D eigenvalue weighted by Crippen LogP contribution is 2.34. The molecule has 4 heteroatoms. The third-order valence-electron chi connectivity index (χ3n) is 2.74. The van der Waals surface area contributed by atoms with Crippen LogP contribution in [0.1, 0.15) is 38.2 Å². The molecule has 1 aromatic rings. The number of nitrogens with zero attached hydrogens (tertiary/aromatic N) is 2. The van der Waals surface area contributed by atoms with Crippen LogP contribution >= 0.6 is 0 Å². The van der Waals surface area contributed by atoms with Crippen LogP contribution in [0.4, 0.5) is 5.95 Å². The first kappa shape index (κ1) is 10.4. The summed E-state index contributed by atoms with van der Waals surface area (Å²) in [5, 5.41) is 12.7. The molecule has 4 nitrogen and oxygen atoms in total. The lowest BCUT2D eigenvalue weighted by Crippen LogP contribution is -2.21. The fourth-order valence-electron chi connectivity index (χ4n) is 1.29. The van der Waals surface area contributed by atoms with Gasteiger partial charge in [-0.1, -0.05) is 13.8 Å². The van der Waals surface area contributed by atoms with Crippen LogP contribution in [0, 0.1) is 0 Å². The second kappa shape index (κ2) is 3.77. The fourth-order valence-corrected chi connectivity index (χ4v) is 1.29. The summed E-state index contributed by atoms with van der Waals surface area (Å²) in [4.78, 5) is 8.39. The van der Waals surface area contributed by atoms with E-state index in [0.29, 0.717) is 18.4 Å². The van der Waals surface area contributed by atoms with E-state index in [2.05, 4.69) is 29.1 Å². The van der Waals surface area contributed by atoms with Gasteiger partial charge in [-0.15, -0.1) is 0 Å². The van der Waals surface area contributed by atoms with Crippen LogP contribution in [0.15, 0.2) is 12.4 Å². The molecule has 0 spiro atoms. The fraction of sp³-hybridized carbons (Fsp3) is 0.636. The molecule has 82 valence electrons. The highest BCUT2D eigenvalue weighted by atomic mass is 16.3. The third-order valence-corrected chi connectivity index (χ3v) is 2.74. The molecule has 1 aromatic heterocycles. The predicted molar refractivity (Wildman–Crippen MR) is 58.8 cm³/mol. The van der Waals surface area contributed by atoms with Crippen LogP contribution in [-0.4, -0.2) is 27.2 Å². The molecule has 2 rings (SSSR count). The van der Waals surface area contributed by atoms with E-state index >= 15 is 0 Å². The summed E-state index contributed by atoms with van der Waals surface area (Å²) in [5.41, 5.74) is 0.630. The average molecular weight is 207 g/mol. The van der Waals surface area contributed by atoms with Gasteiger partial charge in [-0.25, -0.2) is 9.97 Å². The van der Waals surface area contributed by atoms with E-state index < -0.39 is 5.60 Å². The van der Waals surface area contributed by atoms with E-state index in [0.717, 1.165) is 18.4 Å². The van der Waals surface area contributed by atoms with Crippen molar-refractivity contribution >= 4 is 5.95 Å². The molecular formula is C11H17N3O. The lowest BCUT2D eigenvalue weighted by Gasteiger charge is -2.10. The molecular weight excluding hydrogens is 190 g/mol. The lowest BCUT2D eigenvalue weighted by molar-refractivity contribution is 0.164. The summed E-state index contributed by atoms with van der Waals surface area (Å²) in [6.07, 6.45) is 5.42. The lowest BCUT2D eigenvalue weighted by atomic mass is 10.1. The standard InChI is InChI=1S/C11H17N3O/c1-8(2)9-5-12-10(13-6-9)14-7-11(15)3-4-11/h5-6,8,15H,3-4,7H2,1-2H3,(H,12,13,14). The Morgan fingerprint density at radius 2 is 2.00 bits per heavy atom. The maximum Gasteiger partial charge on any atom is 0.222 e. The van der Waals surface area contributed by atoms with E-state index in [9.17, 15) is 5.11 Å². The summed E-state index contributed by atoms with van der Waals surface area (Å²) < 4.78 is 0. The van der Waals surface area contributed by atoms with Crippen LogP contribution in [0.3, 0.4) is 0 Å². The van der Waals surface area contributed by atoms with Crippen molar-refractivity contribution in [2.75, 3.05) is 11.9 Å². The van der Waals surface area contributed by atoms with E-state index in [4.69, 9.17) is 0 Å². The maximum absolute atomic E-state index is 9.61. The Hall–Kier alpha value is -1.16. The van der Waals surface area contributed by atoms with Gasteiger partial charge in [0.1, 0.15) is 0 Å². The summed E-state index contributed by atoms with van der Waals surface area (Å²) in [5.74, 6) is 1.05. The topological polar surface area (TPSA) is 58.0 Å². The summed E-state index contributed by atoms with van der Waals surface area (Å²) in [7, 11) is 0. The van der Waals surface area contributed by atoms with Crippen LogP contribution in [0.5, 0.6) is 0 Å². The Balaban J connectivity index is 1.92. The highest BCUT2D eigenvalue weighted by Gasteiger charge is 2.40. The first-order chi connectivity index (χ1) is 7.09. The monoisotopic (exact) mass is 207 g/mol. The van der Waals surface area contributed by atoms with Gasteiger partial charge in [-0.05, 0) is 24.3 Å². The molecule has 1 saturated carbocycles. The van der Waals surface area contributed by atoms with Crippen LogP contribution < -0.4 is 5.32 Å². The minimum absolute atomic E-state index is 0.451. The number of rotatable bonds is 4. The predicted octanol–water partition coefficient (Wildman–Crippen LogP) is 1.54. The smallest absolute Gasteiger partial charge is 0.222 e. The van der Waals surface area contributed by atoms with E-state index in [1.807, 2.05) is 12.4 Å². The van der Waals surface area contributed by atoms with Crippen molar-refractivity contribution in [3.05, 3.63) is 18.0 Å². The van der Waals surface area contributed by atoms with Crippen LogP contribution in [0.25, 0.3) is 0 Å². The van der Waals surface area contributed by atoms with Crippen molar-refractivity contribution in [1.82, 2.24) is 9.97 Å². The van der Waals surface area contributed by atoms with E-state index in [1.54, 1.807) is 0 Å². The van der Waals surface area contributed by atoms with Crippen molar-refractivity contribution in [3.63, 3.8) is 0 Å². The van der Waals surface area contributed by atoms with Gasteiger partial charge in [0, 0.05) is 18.9 Å². The second-order valence-electron chi connectivity index (χ2n) is 4.57. The van der Waals surface area contributed by atoms with Crippen LogP contribution in [-0.2, 0) is 0 Å². The maximum atomic E-state index is 9.61. The zero-order chi connectivity index (χ0) is 10.9. The largest absolute Gasteiger partial charge is 0.388 e. The third kappa shape index (κ3) is 2.65. The Morgan fingerprint density at radius 1 is 1.40 bits per heavy atom. The molecule has 0 aliphatic heterocycles. The highest BCUT2D eigenvalue weighted by molar-refractivity contribution is 5.27. The van der Waals surface area contributed by atoms with Gasteiger partial charge in [0.2, 0.25) is 5.95 Å². The zero-order valence-electron chi connectivity index (χ0n) is 9.20. The first-order valence-corrected chi connectivity index (χ1v) is 5.37. The molecule has 1 aliphatic rings. The molecule has 0 atom stereocenters. The first-order valence-electron chi connectivity index (χ1n) is 5.37. The molecule has 0 unspecified atom stereocenters. The van der Waals surface area contributed by atoms with Crippen molar-refractivity contribution in [3.8, 4) is 0 Å². The SMILES string of the molecule is CC(C)c1cnc(NCC2(O)CC2)nc1. The van der Waals surface area contributed by atoms with E-state index in [1.165, 1.54) is 0 Å². The average Bonchev–Trinajstić information content (AvgIpc) is 2.95. The van der Waals surface area contributed by atoms with Gasteiger partial charge in [-0.2, -0.15) is 0 Å². The van der Waals surface area contributed by atoms with Gasteiger partial charge in [0.15, 0.2) is 0 Å². The Bertz CT molecular complexity index is 330. The quantitative estimate of drug-likeness (QED) is 0.786.